The molecule has 4 nitrogen and oxygen atoms in total. The van der Waals surface area contributed by atoms with E-state index in [9.17, 15) is 0 Å². The van der Waals surface area contributed by atoms with Gasteiger partial charge in [0.15, 0.2) is 0 Å². The van der Waals surface area contributed by atoms with Crippen LogP contribution in [0.2, 0.25) is 0 Å². The van der Waals surface area contributed by atoms with Gasteiger partial charge in [-0.3, -0.25) is 5.32 Å². The van der Waals surface area contributed by atoms with Gasteiger partial charge in [-0.25, -0.2) is 0 Å². The number of piperidine rings is 2. The van der Waals surface area contributed by atoms with Gasteiger partial charge in [0.1, 0.15) is 6.23 Å². The Balaban J connectivity index is 1.22. The molecule has 3 fully saturated rings. The quantitative estimate of drug-likeness (QED) is 0.834. The summed E-state index contributed by atoms with van der Waals surface area (Å²) >= 11 is 0. The third-order valence-corrected chi connectivity index (χ3v) is 6.23. The third-order valence-electron chi connectivity index (χ3n) is 6.23. The highest BCUT2D eigenvalue weighted by Gasteiger charge is 2.31. The largest absolute Gasteiger partial charge is 0.398 e. The third kappa shape index (κ3) is 3.61. The summed E-state index contributed by atoms with van der Waals surface area (Å²) in [4.78, 5) is 2.69. The normalized spacial score (nSPS) is 30.2. The van der Waals surface area contributed by atoms with Crippen molar-refractivity contribution in [2.45, 2.75) is 69.2 Å². The van der Waals surface area contributed by atoms with Gasteiger partial charge in [-0.05, 0) is 56.1 Å². The highest BCUT2D eigenvalue weighted by atomic mass is 16.5. The van der Waals surface area contributed by atoms with E-state index >= 15 is 0 Å². The van der Waals surface area contributed by atoms with Crippen molar-refractivity contribution in [3.8, 4) is 0 Å². The molecule has 1 aromatic carbocycles. The SMILES string of the molecule is Nc1ccccc1C1CCC(OC2CCN(C3CCC3)CC2)NC1. The Bertz CT molecular complexity index is 529. The highest BCUT2D eigenvalue weighted by molar-refractivity contribution is 5.48. The first-order chi connectivity index (χ1) is 11.8. The molecule has 0 spiro atoms. The van der Waals surface area contributed by atoms with Crippen molar-refractivity contribution in [3.63, 3.8) is 0 Å². The van der Waals surface area contributed by atoms with Crippen molar-refractivity contribution in [2.75, 3.05) is 25.4 Å². The van der Waals surface area contributed by atoms with E-state index in [0.29, 0.717) is 12.0 Å². The number of anilines is 1. The summed E-state index contributed by atoms with van der Waals surface area (Å²) in [5.74, 6) is 0.520. The first-order valence-corrected chi connectivity index (χ1v) is 9.77. The molecule has 4 rings (SSSR count). The highest BCUT2D eigenvalue weighted by Crippen LogP contribution is 2.31. The predicted molar refractivity (Wildman–Crippen MR) is 97.9 cm³/mol. The van der Waals surface area contributed by atoms with Gasteiger partial charge in [0.25, 0.3) is 0 Å². The van der Waals surface area contributed by atoms with Crippen LogP contribution < -0.4 is 11.1 Å². The lowest BCUT2D eigenvalue weighted by molar-refractivity contribution is -0.0752. The Labute approximate surface area is 145 Å². The van der Waals surface area contributed by atoms with Crippen LogP contribution in [0.3, 0.4) is 0 Å². The Morgan fingerprint density at radius 2 is 1.79 bits per heavy atom. The van der Waals surface area contributed by atoms with Gasteiger partial charge >= 0.3 is 0 Å². The average Bonchev–Trinajstić information content (AvgIpc) is 2.56. The summed E-state index contributed by atoms with van der Waals surface area (Å²) in [5.41, 5.74) is 8.34. The molecule has 2 saturated heterocycles. The Morgan fingerprint density at radius 1 is 1.00 bits per heavy atom. The molecule has 24 heavy (non-hydrogen) atoms. The molecule has 3 N–H and O–H groups in total. The number of benzene rings is 1. The van der Waals surface area contributed by atoms with Crippen molar-refractivity contribution in [1.82, 2.24) is 10.2 Å². The first-order valence-electron chi connectivity index (χ1n) is 9.77. The number of rotatable bonds is 4. The summed E-state index contributed by atoms with van der Waals surface area (Å²) in [5, 5.41) is 3.61. The molecular weight excluding hydrogens is 298 g/mol. The maximum absolute atomic E-state index is 6.36. The second-order valence-corrected chi connectivity index (χ2v) is 7.76. The Kier molecular flexibility index (Phi) is 5.06. The van der Waals surface area contributed by atoms with Crippen LogP contribution in [0.4, 0.5) is 5.69 Å². The molecule has 2 heterocycles. The molecule has 2 aliphatic heterocycles. The Hall–Kier alpha value is -1.10. The molecule has 0 aromatic heterocycles. The summed E-state index contributed by atoms with van der Waals surface area (Å²) in [6.07, 6.45) is 9.57. The summed E-state index contributed by atoms with van der Waals surface area (Å²) in [6.45, 7) is 3.43. The van der Waals surface area contributed by atoms with Crippen LogP contribution in [-0.2, 0) is 4.74 Å². The Morgan fingerprint density at radius 3 is 2.42 bits per heavy atom. The van der Waals surface area contributed by atoms with Gasteiger partial charge < -0.3 is 15.4 Å². The molecule has 1 saturated carbocycles. The molecular formula is C20H31N3O. The van der Waals surface area contributed by atoms with Crippen LogP contribution in [0.5, 0.6) is 0 Å². The van der Waals surface area contributed by atoms with Gasteiger partial charge in [-0.2, -0.15) is 0 Å². The van der Waals surface area contributed by atoms with Gasteiger partial charge in [0.2, 0.25) is 0 Å². The van der Waals surface area contributed by atoms with E-state index in [1.807, 2.05) is 12.1 Å². The van der Waals surface area contributed by atoms with Gasteiger partial charge in [0.05, 0.1) is 6.10 Å². The van der Waals surface area contributed by atoms with E-state index in [2.05, 4.69) is 22.3 Å². The molecule has 1 aromatic rings. The van der Waals surface area contributed by atoms with Crippen LogP contribution in [0, 0.1) is 0 Å². The second kappa shape index (κ2) is 7.42. The fourth-order valence-electron chi connectivity index (χ4n) is 4.46. The van der Waals surface area contributed by atoms with E-state index < -0.39 is 0 Å². The number of nitrogen functional groups attached to an aromatic ring is 1. The number of nitrogens with zero attached hydrogens (tertiary/aromatic N) is 1. The van der Waals surface area contributed by atoms with Crippen molar-refractivity contribution in [1.29, 1.82) is 0 Å². The topological polar surface area (TPSA) is 50.5 Å². The summed E-state index contributed by atoms with van der Waals surface area (Å²) in [6, 6.07) is 9.16. The van der Waals surface area contributed by atoms with Crippen LogP contribution in [0.15, 0.2) is 24.3 Å². The average molecular weight is 329 g/mol. The number of hydrogen-bond donors (Lipinski definition) is 2. The molecule has 4 heteroatoms. The number of likely N-dealkylation sites (tertiary alicyclic amines) is 1. The molecule has 0 bridgehead atoms. The first kappa shape index (κ1) is 16.4. The number of nitrogens with two attached hydrogens (primary N) is 1. The zero-order chi connectivity index (χ0) is 16.4. The van der Waals surface area contributed by atoms with Crippen LogP contribution in [-0.4, -0.2) is 42.9 Å². The van der Waals surface area contributed by atoms with Crippen molar-refractivity contribution in [2.24, 2.45) is 0 Å². The number of nitrogens with one attached hydrogen (secondary N) is 1. The van der Waals surface area contributed by atoms with Gasteiger partial charge in [0, 0.05) is 31.4 Å². The molecule has 2 unspecified atom stereocenters. The smallest absolute Gasteiger partial charge is 0.108 e. The zero-order valence-electron chi connectivity index (χ0n) is 14.6. The molecule has 2 atom stereocenters. The summed E-state index contributed by atoms with van der Waals surface area (Å²) in [7, 11) is 0. The predicted octanol–water partition coefficient (Wildman–Crippen LogP) is 3.10. The van der Waals surface area contributed by atoms with Crippen molar-refractivity contribution in [3.05, 3.63) is 29.8 Å². The lowest BCUT2D eigenvalue weighted by atomic mass is 9.89. The maximum atomic E-state index is 6.36. The molecule has 0 amide bonds. The maximum Gasteiger partial charge on any atom is 0.108 e. The monoisotopic (exact) mass is 329 g/mol. The molecule has 0 radical (unpaired) electrons. The standard InChI is InChI=1S/C20H31N3O/c21-19-7-2-1-6-18(19)15-8-9-20(22-14-15)24-17-10-12-23(13-11-17)16-4-3-5-16/h1-2,6-7,15-17,20,22H,3-5,8-14,21H2. The minimum atomic E-state index is 0.228. The lowest BCUT2D eigenvalue weighted by Crippen LogP contribution is -2.48. The molecule has 3 aliphatic rings. The van der Waals surface area contributed by atoms with Crippen LogP contribution >= 0.6 is 0 Å². The van der Waals surface area contributed by atoms with Crippen molar-refractivity contribution < 1.29 is 4.74 Å². The van der Waals surface area contributed by atoms with Gasteiger partial charge in [-0.15, -0.1) is 0 Å². The van der Waals surface area contributed by atoms with E-state index in [1.165, 1.54) is 50.8 Å². The minimum Gasteiger partial charge on any atom is -0.398 e. The fourth-order valence-corrected chi connectivity index (χ4v) is 4.46. The van der Waals surface area contributed by atoms with E-state index in [0.717, 1.165) is 31.1 Å². The summed E-state index contributed by atoms with van der Waals surface area (Å²) < 4.78 is 6.36. The number of ether oxygens (including phenoxy) is 1. The van der Waals surface area contributed by atoms with Crippen LogP contribution in [0.1, 0.15) is 56.4 Å². The lowest BCUT2D eigenvalue weighted by Gasteiger charge is -2.42. The van der Waals surface area contributed by atoms with Crippen molar-refractivity contribution >= 4 is 5.69 Å². The van der Waals surface area contributed by atoms with Crippen LogP contribution in [0.25, 0.3) is 0 Å². The fraction of sp³-hybridized carbons (Fsp3) is 0.700. The van der Waals surface area contributed by atoms with E-state index in [1.54, 1.807) is 0 Å². The zero-order valence-corrected chi connectivity index (χ0v) is 14.6. The number of hydrogen-bond acceptors (Lipinski definition) is 4. The second-order valence-electron chi connectivity index (χ2n) is 7.76. The number of para-hydroxylation sites is 1. The van der Waals surface area contributed by atoms with Gasteiger partial charge in [-0.1, -0.05) is 24.6 Å². The van der Waals surface area contributed by atoms with E-state index in [-0.39, 0.29) is 6.23 Å². The molecule has 1 aliphatic carbocycles. The van der Waals surface area contributed by atoms with E-state index in [4.69, 9.17) is 10.5 Å². The molecule has 132 valence electrons. The minimum absolute atomic E-state index is 0.228.